The summed E-state index contributed by atoms with van der Waals surface area (Å²) < 4.78 is 24.2. The molecule has 1 aliphatic heterocycles. The fourth-order valence-corrected chi connectivity index (χ4v) is 3.41. The molecular weight excluding hydrogens is 349 g/mol. The Morgan fingerprint density at radius 2 is 2.11 bits per heavy atom. The van der Waals surface area contributed by atoms with Crippen LogP contribution in [0.4, 0.5) is 4.39 Å². The number of halogens is 1. The molecule has 0 N–H and O–H groups in total. The van der Waals surface area contributed by atoms with E-state index in [0.717, 1.165) is 24.2 Å². The van der Waals surface area contributed by atoms with Crippen molar-refractivity contribution >= 4 is 5.91 Å². The van der Waals surface area contributed by atoms with Crippen molar-refractivity contribution in [2.24, 2.45) is 0 Å². The van der Waals surface area contributed by atoms with E-state index in [4.69, 9.17) is 8.83 Å². The van der Waals surface area contributed by atoms with Gasteiger partial charge in [0.05, 0.1) is 17.8 Å². The second-order valence-electron chi connectivity index (χ2n) is 6.83. The quantitative estimate of drug-likeness (QED) is 0.701. The number of amides is 1. The van der Waals surface area contributed by atoms with E-state index in [-0.39, 0.29) is 17.6 Å². The van der Waals surface area contributed by atoms with E-state index < -0.39 is 0 Å². The molecular formula is C20H20FN3O3. The van der Waals surface area contributed by atoms with Crippen molar-refractivity contribution in [2.45, 2.75) is 32.1 Å². The molecule has 27 heavy (non-hydrogen) atoms. The van der Waals surface area contributed by atoms with Gasteiger partial charge >= 0.3 is 0 Å². The fourth-order valence-electron chi connectivity index (χ4n) is 3.41. The average molecular weight is 369 g/mol. The van der Waals surface area contributed by atoms with Crippen molar-refractivity contribution in [3.05, 3.63) is 71.3 Å². The highest BCUT2D eigenvalue weighted by Crippen LogP contribution is 2.28. The summed E-state index contributed by atoms with van der Waals surface area (Å²) in [6, 6.07) is 6.34. The van der Waals surface area contributed by atoms with Crippen molar-refractivity contribution < 1.29 is 18.0 Å². The van der Waals surface area contributed by atoms with Crippen LogP contribution in [0, 0.1) is 12.7 Å². The van der Waals surface area contributed by atoms with Gasteiger partial charge in [0.2, 0.25) is 5.76 Å². The van der Waals surface area contributed by atoms with Gasteiger partial charge < -0.3 is 13.7 Å². The van der Waals surface area contributed by atoms with Gasteiger partial charge in [-0.25, -0.2) is 14.4 Å². The van der Waals surface area contributed by atoms with Crippen LogP contribution in [0.3, 0.4) is 0 Å². The number of oxazole rings is 2. The number of carbonyl (C=O) groups is 1. The van der Waals surface area contributed by atoms with Crippen LogP contribution in [0.1, 0.15) is 52.2 Å². The first-order valence-electron chi connectivity index (χ1n) is 8.98. The third kappa shape index (κ3) is 3.77. The van der Waals surface area contributed by atoms with E-state index in [1.54, 1.807) is 30.2 Å². The van der Waals surface area contributed by atoms with Gasteiger partial charge in [-0.3, -0.25) is 4.79 Å². The number of rotatable bonds is 4. The molecule has 140 valence electrons. The maximum atomic E-state index is 13.0. The molecule has 4 rings (SSSR count). The lowest BCUT2D eigenvalue weighted by Crippen LogP contribution is -2.39. The van der Waals surface area contributed by atoms with E-state index in [1.807, 2.05) is 0 Å². The summed E-state index contributed by atoms with van der Waals surface area (Å²) in [4.78, 5) is 22.8. The van der Waals surface area contributed by atoms with Gasteiger partial charge in [-0.1, -0.05) is 12.1 Å². The van der Waals surface area contributed by atoms with Gasteiger partial charge in [0.25, 0.3) is 5.91 Å². The smallest absolute Gasteiger partial charge is 0.291 e. The zero-order valence-electron chi connectivity index (χ0n) is 15.0. The van der Waals surface area contributed by atoms with Gasteiger partial charge in [0, 0.05) is 19.5 Å². The van der Waals surface area contributed by atoms with Crippen LogP contribution >= 0.6 is 0 Å². The first-order chi connectivity index (χ1) is 13.1. The number of hydrogen-bond donors (Lipinski definition) is 0. The van der Waals surface area contributed by atoms with Crippen molar-refractivity contribution in [2.75, 3.05) is 13.1 Å². The van der Waals surface area contributed by atoms with Crippen LogP contribution in [0.2, 0.25) is 0 Å². The number of hydrogen-bond acceptors (Lipinski definition) is 5. The lowest BCUT2D eigenvalue weighted by molar-refractivity contribution is 0.0664. The number of aryl methyl sites for hydroxylation is 1. The summed E-state index contributed by atoms with van der Waals surface area (Å²) in [5.74, 6) is 1.30. The number of benzene rings is 1. The molecule has 0 spiro atoms. The lowest BCUT2D eigenvalue weighted by atomic mass is 9.97. The predicted octanol–water partition coefficient (Wildman–Crippen LogP) is 3.72. The molecule has 0 bridgehead atoms. The number of likely N-dealkylation sites (tertiary alicyclic amines) is 1. The Kier molecular flexibility index (Phi) is 4.75. The summed E-state index contributed by atoms with van der Waals surface area (Å²) in [6.07, 6.45) is 5.34. The molecule has 1 saturated heterocycles. The molecule has 0 aliphatic carbocycles. The summed E-state index contributed by atoms with van der Waals surface area (Å²) in [5.41, 5.74) is 1.56. The van der Waals surface area contributed by atoms with Crippen molar-refractivity contribution in [3.8, 4) is 0 Å². The maximum absolute atomic E-state index is 13.0. The Hall–Kier alpha value is -2.96. The van der Waals surface area contributed by atoms with Crippen LogP contribution < -0.4 is 0 Å². The molecule has 1 aliphatic rings. The number of carbonyl (C=O) groups excluding carboxylic acids is 1. The Balaban J connectivity index is 1.44. The second kappa shape index (κ2) is 7.34. The molecule has 0 saturated carbocycles. The summed E-state index contributed by atoms with van der Waals surface area (Å²) >= 11 is 0. The first-order valence-corrected chi connectivity index (χ1v) is 8.98. The minimum absolute atomic E-state index is 0.0490. The first kappa shape index (κ1) is 17.5. The summed E-state index contributed by atoms with van der Waals surface area (Å²) in [6.45, 7) is 2.97. The molecule has 0 radical (unpaired) electrons. The molecule has 1 aromatic carbocycles. The van der Waals surface area contributed by atoms with E-state index in [9.17, 15) is 9.18 Å². The van der Waals surface area contributed by atoms with E-state index in [1.165, 1.54) is 18.5 Å². The maximum Gasteiger partial charge on any atom is 0.291 e. The molecule has 3 aromatic rings. The molecule has 0 unspecified atom stereocenters. The largest absolute Gasteiger partial charge is 0.445 e. The van der Waals surface area contributed by atoms with Gasteiger partial charge in [0.1, 0.15) is 11.6 Å². The lowest BCUT2D eigenvalue weighted by Gasteiger charge is -2.30. The van der Waals surface area contributed by atoms with Crippen LogP contribution in [0.25, 0.3) is 0 Å². The molecule has 3 heterocycles. The Labute approximate surface area is 156 Å². The molecule has 1 fully saturated rings. The van der Waals surface area contributed by atoms with Crippen LogP contribution in [-0.4, -0.2) is 33.9 Å². The van der Waals surface area contributed by atoms with Crippen molar-refractivity contribution in [1.82, 2.24) is 14.9 Å². The standard InChI is InChI=1S/C20H20FN3O3/c1-13-18(26-12-23-13)20(25)24-8-2-3-15(11-24)19-22-10-17(27-19)9-14-4-6-16(21)7-5-14/h4-7,10,12,15H,2-3,8-9,11H2,1H3/t15-/m1/s1. The van der Waals surface area contributed by atoms with Crippen LogP contribution in [-0.2, 0) is 6.42 Å². The third-order valence-electron chi connectivity index (χ3n) is 4.86. The van der Waals surface area contributed by atoms with E-state index in [2.05, 4.69) is 9.97 Å². The van der Waals surface area contributed by atoms with E-state index >= 15 is 0 Å². The summed E-state index contributed by atoms with van der Waals surface area (Å²) in [5, 5.41) is 0. The fraction of sp³-hybridized carbons (Fsp3) is 0.350. The van der Waals surface area contributed by atoms with E-state index in [0.29, 0.717) is 36.9 Å². The zero-order valence-corrected chi connectivity index (χ0v) is 15.0. The molecule has 7 heteroatoms. The number of piperidine rings is 1. The van der Waals surface area contributed by atoms with Crippen molar-refractivity contribution in [3.63, 3.8) is 0 Å². The highest BCUT2D eigenvalue weighted by Gasteiger charge is 2.30. The number of aromatic nitrogens is 2. The average Bonchev–Trinajstić information content (AvgIpc) is 3.32. The third-order valence-corrected chi connectivity index (χ3v) is 4.86. The Morgan fingerprint density at radius 3 is 2.85 bits per heavy atom. The Morgan fingerprint density at radius 1 is 1.30 bits per heavy atom. The zero-order chi connectivity index (χ0) is 18.8. The van der Waals surface area contributed by atoms with Gasteiger partial charge in [-0.2, -0.15) is 0 Å². The van der Waals surface area contributed by atoms with Crippen LogP contribution in [0.15, 0.2) is 45.7 Å². The van der Waals surface area contributed by atoms with Gasteiger partial charge in [-0.15, -0.1) is 0 Å². The Bertz CT molecular complexity index is 932. The molecule has 1 amide bonds. The highest BCUT2D eigenvalue weighted by molar-refractivity contribution is 5.92. The highest BCUT2D eigenvalue weighted by atomic mass is 19.1. The van der Waals surface area contributed by atoms with Crippen LogP contribution in [0.5, 0.6) is 0 Å². The number of nitrogens with zero attached hydrogens (tertiary/aromatic N) is 3. The van der Waals surface area contributed by atoms with Gasteiger partial charge in [-0.05, 0) is 37.5 Å². The minimum atomic E-state index is -0.258. The molecule has 2 aromatic heterocycles. The SMILES string of the molecule is Cc1ncoc1C(=O)N1CCC[C@@H](c2ncc(Cc3ccc(F)cc3)o2)C1. The topological polar surface area (TPSA) is 72.4 Å². The van der Waals surface area contributed by atoms with Gasteiger partial charge in [0.15, 0.2) is 12.3 Å². The molecule has 6 nitrogen and oxygen atoms in total. The monoisotopic (exact) mass is 369 g/mol. The molecule has 1 atom stereocenters. The normalized spacial score (nSPS) is 17.3. The second-order valence-corrected chi connectivity index (χ2v) is 6.83. The van der Waals surface area contributed by atoms with Crippen molar-refractivity contribution in [1.29, 1.82) is 0 Å². The predicted molar refractivity (Wildman–Crippen MR) is 94.8 cm³/mol. The minimum Gasteiger partial charge on any atom is -0.445 e. The summed E-state index contributed by atoms with van der Waals surface area (Å²) in [7, 11) is 0.